The maximum Gasteiger partial charge on any atom is 0.124 e. The summed E-state index contributed by atoms with van der Waals surface area (Å²) in [5, 5.41) is 23.0. The first-order valence-corrected chi connectivity index (χ1v) is 8.41. The monoisotopic (exact) mass is 293 g/mol. The Morgan fingerprint density at radius 1 is 0.905 bits per heavy atom. The maximum absolute atomic E-state index is 9.81. The lowest BCUT2D eigenvalue weighted by atomic mass is 10.1. The number of benzene rings is 1. The third kappa shape index (κ3) is 6.85. The number of rotatable bonds is 11. The van der Waals surface area contributed by atoms with Crippen molar-refractivity contribution in [3.05, 3.63) is 23.8 Å². The highest BCUT2D eigenvalue weighted by Crippen LogP contribution is 2.31. The molecule has 1 atom stereocenters. The van der Waals surface area contributed by atoms with Crippen LogP contribution in [0.3, 0.4) is 0 Å². The van der Waals surface area contributed by atoms with Crippen molar-refractivity contribution in [2.75, 3.05) is 6.54 Å². The molecule has 3 N–H and O–H groups in total. The van der Waals surface area contributed by atoms with E-state index in [-0.39, 0.29) is 17.5 Å². The van der Waals surface area contributed by atoms with Crippen molar-refractivity contribution in [1.82, 2.24) is 5.32 Å². The second-order valence-corrected chi connectivity index (χ2v) is 5.86. The van der Waals surface area contributed by atoms with Gasteiger partial charge in [0.25, 0.3) is 0 Å². The van der Waals surface area contributed by atoms with Crippen LogP contribution in [-0.2, 0) is 0 Å². The van der Waals surface area contributed by atoms with Gasteiger partial charge in [-0.2, -0.15) is 0 Å². The molecule has 0 amide bonds. The third-order valence-electron chi connectivity index (χ3n) is 3.97. The highest BCUT2D eigenvalue weighted by molar-refractivity contribution is 5.44. The van der Waals surface area contributed by atoms with Gasteiger partial charge in [0.05, 0.1) is 5.56 Å². The van der Waals surface area contributed by atoms with Gasteiger partial charge in [-0.05, 0) is 32.0 Å². The molecule has 120 valence electrons. The van der Waals surface area contributed by atoms with Gasteiger partial charge < -0.3 is 15.5 Å². The van der Waals surface area contributed by atoms with Gasteiger partial charge in [-0.1, -0.05) is 57.9 Å². The number of hydrogen-bond donors (Lipinski definition) is 3. The number of phenols is 2. The average molecular weight is 293 g/mol. The van der Waals surface area contributed by atoms with Crippen LogP contribution < -0.4 is 5.32 Å². The molecule has 3 heteroatoms. The quantitative estimate of drug-likeness (QED) is 0.509. The van der Waals surface area contributed by atoms with Crippen LogP contribution in [0, 0.1) is 0 Å². The molecule has 21 heavy (non-hydrogen) atoms. The first-order chi connectivity index (χ1) is 10.2. The minimum absolute atomic E-state index is 0.0317. The van der Waals surface area contributed by atoms with Gasteiger partial charge in [0.15, 0.2) is 0 Å². The standard InChI is InChI=1S/C18H31NO2/c1-3-4-5-6-7-8-9-10-14-19-15(2)18-16(20)12-11-13-17(18)21/h11-13,15,19-21H,3-10,14H2,1-2H3. The van der Waals surface area contributed by atoms with E-state index in [0.717, 1.165) is 13.0 Å². The molecule has 3 nitrogen and oxygen atoms in total. The molecule has 1 aromatic rings. The zero-order valence-corrected chi connectivity index (χ0v) is 13.6. The zero-order valence-electron chi connectivity index (χ0n) is 13.6. The summed E-state index contributed by atoms with van der Waals surface area (Å²) in [5.41, 5.74) is 0.595. The maximum atomic E-state index is 9.81. The molecule has 0 bridgehead atoms. The minimum atomic E-state index is -0.0317. The average Bonchev–Trinajstić information content (AvgIpc) is 2.45. The Morgan fingerprint density at radius 2 is 1.43 bits per heavy atom. The molecule has 0 heterocycles. The van der Waals surface area contributed by atoms with Crippen LogP contribution in [0.5, 0.6) is 11.5 Å². The van der Waals surface area contributed by atoms with Crippen LogP contribution in [-0.4, -0.2) is 16.8 Å². The smallest absolute Gasteiger partial charge is 0.124 e. The third-order valence-corrected chi connectivity index (χ3v) is 3.97. The Bertz CT molecular complexity index is 373. The number of aromatic hydroxyl groups is 2. The Morgan fingerprint density at radius 3 is 2.00 bits per heavy atom. The lowest BCUT2D eigenvalue weighted by molar-refractivity contribution is 0.417. The molecule has 0 fully saturated rings. The van der Waals surface area contributed by atoms with Crippen LogP contribution in [0.1, 0.15) is 76.8 Å². The molecule has 1 aromatic carbocycles. The predicted molar refractivity (Wildman–Crippen MR) is 88.8 cm³/mol. The van der Waals surface area contributed by atoms with Crippen molar-refractivity contribution in [3.63, 3.8) is 0 Å². The number of hydrogen-bond acceptors (Lipinski definition) is 3. The highest BCUT2D eigenvalue weighted by atomic mass is 16.3. The van der Waals surface area contributed by atoms with E-state index < -0.39 is 0 Å². The van der Waals surface area contributed by atoms with E-state index in [4.69, 9.17) is 0 Å². The summed E-state index contributed by atoms with van der Waals surface area (Å²) < 4.78 is 0. The van der Waals surface area contributed by atoms with Crippen molar-refractivity contribution >= 4 is 0 Å². The number of unbranched alkanes of at least 4 members (excludes halogenated alkanes) is 7. The predicted octanol–water partition coefficient (Wildman–Crippen LogP) is 4.89. The molecule has 0 aliphatic carbocycles. The van der Waals surface area contributed by atoms with Gasteiger partial charge in [0.1, 0.15) is 11.5 Å². The topological polar surface area (TPSA) is 52.5 Å². The van der Waals surface area contributed by atoms with Crippen LogP contribution in [0.25, 0.3) is 0 Å². The van der Waals surface area contributed by atoms with E-state index in [2.05, 4.69) is 12.2 Å². The Balaban J connectivity index is 2.12. The summed E-state index contributed by atoms with van der Waals surface area (Å²) in [6.45, 7) is 5.14. The summed E-state index contributed by atoms with van der Waals surface area (Å²) in [5.74, 6) is 0.317. The van der Waals surface area contributed by atoms with Gasteiger partial charge in [0, 0.05) is 6.04 Å². The Hall–Kier alpha value is -1.22. The van der Waals surface area contributed by atoms with Crippen molar-refractivity contribution in [2.24, 2.45) is 0 Å². The SMILES string of the molecule is CCCCCCCCCCNC(C)c1c(O)cccc1O. The van der Waals surface area contributed by atoms with E-state index >= 15 is 0 Å². The largest absolute Gasteiger partial charge is 0.507 e. The fraction of sp³-hybridized carbons (Fsp3) is 0.667. The van der Waals surface area contributed by atoms with Crippen molar-refractivity contribution < 1.29 is 10.2 Å². The van der Waals surface area contributed by atoms with Crippen LogP contribution in [0.2, 0.25) is 0 Å². The summed E-state index contributed by atoms with van der Waals surface area (Å²) in [4.78, 5) is 0. The molecule has 0 spiro atoms. The van der Waals surface area contributed by atoms with Crippen molar-refractivity contribution in [1.29, 1.82) is 0 Å². The molecule has 0 saturated carbocycles. The first kappa shape index (κ1) is 17.8. The van der Waals surface area contributed by atoms with E-state index in [1.165, 1.54) is 44.9 Å². The lowest BCUT2D eigenvalue weighted by Crippen LogP contribution is -2.20. The van der Waals surface area contributed by atoms with Gasteiger partial charge in [0.2, 0.25) is 0 Å². The summed E-state index contributed by atoms with van der Waals surface area (Å²) in [7, 11) is 0. The molecule has 0 radical (unpaired) electrons. The molecule has 1 rings (SSSR count). The van der Waals surface area contributed by atoms with Crippen LogP contribution in [0.4, 0.5) is 0 Å². The zero-order chi connectivity index (χ0) is 15.5. The Labute approximate surface area is 129 Å². The molecule has 1 unspecified atom stereocenters. The van der Waals surface area contributed by atoms with Crippen LogP contribution in [0.15, 0.2) is 18.2 Å². The normalized spacial score (nSPS) is 12.5. The van der Waals surface area contributed by atoms with Crippen LogP contribution >= 0.6 is 0 Å². The fourth-order valence-corrected chi connectivity index (χ4v) is 2.66. The van der Waals surface area contributed by atoms with Gasteiger partial charge >= 0.3 is 0 Å². The van der Waals surface area contributed by atoms with Crippen molar-refractivity contribution in [3.8, 4) is 11.5 Å². The minimum Gasteiger partial charge on any atom is -0.507 e. The summed E-state index contributed by atoms with van der Waals surface area (Å²) in [6, 6.07) is 4.85. The highest BCUT2D eigenvalue weighted by Gasteiger charge is 2.13. The molecule has 0 aromatic heterocycles. The van der Waals surface area contributed by atoms with Gasteiger partial charge in [-0.25, -0.2) is 0 Å². The number of nitrogens with one attached hydrogen (secondary N) is 1. The lowest BCUT2D eigenvalue weighted by Gasteiger charge is -2.16. The van der Waals surface area contributed by atoms with Gasteiger partial charge in [-0.15, -0.1) is 0 Å². The molecule has 0 saturated heterocycles. The first-order valence-electron chi connectivity index (χ1n) is 8.41. The fourth-order valence-electron chi connectivity index (χ4n) is 2.66. The van der Waals surface area contributed by atoms with E-state index in [1.54, 1.807) is 18.2 Å². The molecule has 0 aliphatic heterocycles. The van der Waals surface area contributed by atoms with E-state index in [1.807, 2.05) is 6.92 Å². The second-order valence-electron chi connectivity index (χ2n) is 5.86. The molecular formula is C18H31NO2. The van der Waals surface area contributed by atoms with Crippen molar-refractivity contribution in [2.45, 2.75) is 71.3 Å². The summed E-state index contributed by atoms with van der Waals surface area (Å²) >= 11 is 0. The molecule has 0 aliphatic rings. The molecular weight excluding hydrogens is 262 g/mol. The van der Waals surface area contributed by atoms with Gasteiger partial charge in [-0.3, -0.25) is 0 Å². The summed E-state index contributed by atoms with van der Waals surface area (Å²) in [6.07, 6.45) is 10.5. The second kappa shape index (κ2) is 10.5. The van der Waals surface area contributed by atoms with E-state index in [9.17, 15) is 10.2 Å². The number of phenolic OH excluding ortho intramolecular Hbond substituents is 2. The Kier molecular flexibility index (Phi) is 8.91. The van der Waals surface area contributed by atoms with E-state index in [0.29, 0.717) is 5.56 Å².